The minimum absolute atomic E-state index is 0. The Bertz CT molecular complexity index is 742. The van der Waals surface area contributed by atoms with Crippen LogP contribution in [0, 0.1) is 5.92 Å². The van der Waals surface area contributed by atoms with E-state index in [1.165, 1.54) is 22.4 Å². The molecule has 3 rings (SSSR count). The highest BCUT2D eigenvalue weighted by atomic mass is 127. The van der Waals surface area contributed by atoms with Crippen molar-refractivity contribution in [1.29, 1.82) is 0 Å². The largest absolute Gasteiger partial charge is 0.380 e. The van der Waals surface area contributed by atoms with Crippen LogP contribution in [0.3, 0.4) is 0 Å². The third-order valence-corrected chi connectivity index (χ3v) is 6.02. The maximum atomic E-state index is 5.22. The number of thioether (sulfide) groups is 1. The summed E-state index contributed by atoms with van der Waals surface area (Å²) in [5.41, 5.74) is 2.45. The van der Waals surface area contributed by atoms with E-state index in [1.54, 1.807) is 7.11 Å². The molecule has 0 radical (unpaired) electrons. The molecule has 1 unspecified atom stereocenters. The Hall–Kier alpha value is -1.25. The van der Waals surface area contributed by atoms with Crippen molar-refractivity contribution in [2.24, 2.45) is 10.9 Å². The third kappa shape index (κ3) is 6.97. The topological polar surface area (TPSA) is 36.9 Å². The minimum Gasteiger partial charge on any atom is -0.380 e. The highest BCUT2D eigenvalue weighted by Gasteiger charge is 2.24. The lowest BCUT2D eigenvalue weighted by Crippen LogP contribution is -2.39. The molecule has 0 amide bonds. The molecule has 6 heteroatoms. The van der Waals surface area contributed by atoms with Crippen molar-refractivity contribution in [1.82, 2.24) is 10.2 Å². The van der Waals surface area contributed by atoms with Gasteiger partial charge < -0.3 is 15.0 Å². The second-order valence-electron chi connectivity index (χ2n) is 6.88. The molecular weight excluding hydrogens is 481 g/mol. The lowest BCUT2D eigenvalue weighted by molar-refractivity contribution is 0.185. The molecular formula is C22H30IN3OS. The number of aliphatic imine (C=N–C) groups is 1. The number of likely N-dealkylation sites (tertiary alicyclic amines) is 1. The number of nitrogens with zero attached hydrogens (tertiary/aromatic N) is 2. The van der Waals surface area contributed by atoms with E-state index in [1.807, 2.05) is 18.8 Å². The van der Waals surface area contributed by atoms with Gasteiger partial charge in [-0.15, -0.1) is 35.7 Å². The van der Waals surface area contributed by atoms with Crippen molar-refractivity contribution in [2.45, 2.75) is 24.5 Å². The number of rotatable bonds is 7. The molecule has 0 bridgehead atoms. The van der Waals surface area contributed by atoms with Crippen LogP contribution in [0.15, 0.2) is 64.5 Å². The van der Waals surface area contributed by atoms with E-state index in [2.05, 4.69) is 69.8 Å². The van der Waals surface area contributed by atoms with Gasteiger partial charge in [0.2, 0.25) is 0 Å². The molecule has 0 aliphatic carbocycles. The Morgan fingerprint density at radius 1 is 1.18 bits per heavy atom. The molecule has 0 aromatic heterocycles. The summed E-state index contributed by atoms with van der Waals surface area (Å²) in [6.07, 6.45) is 1.23. The van der Waals surface area contributed by atoms with Crippen LogP contribution in [-0.4, -0.2) is 43.9 Å². The van der Waals surface area contributed by atoms with E-state index < -0.39 is 0 Å². The van der Waals surface area contributed by atoms with Crippen LogP contribution in [0.2, 0.25) is 0 Å². The van der Waals surface area contributed by atoms with Gasteiger partial charge in [0, 0.05) is 44.4 Å². The average Bonchev–Trinajstić information content (AvgIpc) is 3.17. The standard InChI is InChI=1S/C22H29N3OS.HI/c1-23-22(24-14-18-7-6-8-19(13-18)16-26-2)25-12-11-20(15-25)17-27-21-9-4-3-5-10-21;/h3-10,13,20H,11-12,14-17H2,1-2H3,(H,23,24);1H. The van der Waals surface area contributed by atoms with E-state index >= 15 is 0 Å². The zero-order valence-electron chi connectivity index (χ0n) is 16.6. The summed E-state index contributed by atoms with van der Waals surface area (Å²) in [5.74, 6) is 2.87. The zero-order chi connectivity index (χ0) is 18.9. The molecule has 28 heavy (non-hydrogen) atoms. The van der Waals surface area contributed by atoms with Crippen LogP contribution in [0.1, 0.15) is 17.5 Å². The summed E-state index contributed by atoms with van der Waals surface area (Å²) in [7, 11) is 3.60. The molecule has 0 saturated carbocycles. The normalized spacial score (nSPS) is 16.7. The third-order valence-electron chi connectivity index (χ3n) is 4.78. The fourth-order valence-electron chi connectivity index (χ4n) is 3.40. The number of halogens is 1. The Labute approximate surface area is 190 Å². The molecule has 1 N–H and O–H groups in total. The summed E-state index contributed by atoms with van der Waals surface area (Å²) < 4.78 is 5.22. The second kappa shape index (κ2) is 12.3. The number of methoxy groups -OCH3 is 1. The van der Waals surface area contributed by atoms with E-state index in [0.717, 1.165) is 31.3 Å². The van der Waals surface area contributed by atoms with Gasteiger partial charge in [-0.25, -0.2) is 0 Å². The van der Waals surface area contributed by atoms with Crippen LogP contribution < -0.4 is 5.32 Å². The summed E-state index contributed by atoms with van der Waals surface area (Å²) in [4.78, 5) is 8.24. The number of benzene rings is 2. The fourth-order valence-corrected chi connectivity index (χ4v) is 4.45. The van der Waals surface area contributed by atoms with E-state index in [9.17, 15) is 0 Å². The molecule has 2 aromatic rings. The Kier molecular flexibility index (Phi) is 10.2. The first-order chi connectivity index (χ1) is 13.3. The SMILES string of the molecule is CN=C(NCc1cccc(COC)c1)N1CCC(CSc2ccccc2)C1.I. The number of hydrogen-bond donors (Lipinski definition) is 1. The van der Waals surface area contributed by atoms with Crippen molar-refractivity contribution < 1.29 is 4.74 Å². The molecule has 4 nitrogen and oxygen atoms in total. The monoisotopic (exact) mass is 511 g/mol. The van der Waals surface area contributed by atoms with Crippen molar-refractivity contribution in [3.8, 4) is 0 Å². The van der Waals surface area contributed by atoms with Crippen LogP contribution in [-0.2, 0) is 17.9 Å². The maximum Gasteiger partial charge on any atom is 0.193 e. The van der Waals surface area contributed by atoms with Gasteiger partial charge in [-0.1, -0.05) is 42.5 Å². The predicted octanol–water partition coefficient (Wildman–Crippen LogP) is 4.64. The number of nitrogens with one attached hydrogen (secondary N) is 1. The summed E-state index contributed by atoms with van der Waals surface area (Å²) in [6, 6.07) is 19.2. The highest BCUT2D eigenvalue weighted by molar-refractivity contribution is 14.0. The van der Waals surface area contributed by atoms with Crippen molar-refractivity contribution in [3.05, 3.63) is 65.7 Å². The van der Waals surface area contributed by atoms with Gasteiger partial charge in [0.25, 0.3) is 0 Å². The van der Waals surface area contributed by atoms with Gasteiger partial charge in [-0.3, -0.25) is 4.99 Å². The lowest BCUT2D eigenvalue weighted by Gasteiger charge is -2.22. The Morgan fingerprint density at radius 2 is 1.96 bits per heavy atom. The zero-order valence-corrected chi connectivity index (χ0v) is 19.8. The molecule has 1 aliphatic heterocycles. The fraction of sp³-hybridized carbons (Fsp3) is 0.409. The van der Waals surface area contributed by atoms with E-state index in [-0.39, 0.29) is 24.0 Å². The van der Waals surface area contributed by atoms with Crippen molar-refractivity contribution in [3.63, 3.8) is 0 Å². The maximum absolute atomic E-state index is 5.22. The average molecular weight is 511 g/mol. The minimum atomic E-state index is 0. The van der Waals surface area contributed by atoms with Crippen molar-refractivity contribution >= 4 is 41.7 Å². The van der Waals surface area contributed by atoms with Gasteiger partial charge in [0.15, 0.2) is 5.96 Å². The molecule has 0 spiro atoms. The van der Waals surface area contributed by atoms with Gasteiger partial charge in [0.05, 0.1) is 6.61 Å². The van der Waals surface area contributed by atoms with Gasteiger partial charge in [0.1, 0.15) is 0 Å². The van der Waals surface area contributed by atoms with Crippen molar-refractivity contribution in [2.75, 3.05) is 33.0 Å². The predicted molar refractivity (Wildman–Crippen MR) is 130 cm³/mol. The quantitative estimate of drug-likeness (QED) is 0.255. The smallest absolute Gasteiger partial charge is 0.193 e. The molecule has 1 fully saturated rings. The number of hydrogen-bond acceptors (Lipinski definition) is 3. The molecule has 1 saturated heterocycles. The first kappa shape index (κ1) is 23.0. The Morgan fingerprint density at radius 3 is 2.71 bits per heavy atom. The molecule has 1 aliphatic rings. The number of guanidine groups is 1. The molecule has 2 aromatic carbocycles. The molecule has 1 atom stereocenters. The van der Waals surface area contributed by atoms with Gasteiger partial charge in [-0.05, 0) is 35.6 Å². The van der Waals surface area contributed by atoms with Crippen LogP contribution >= 0.6 is 35.7 Å². The molecule has 1 heterocycles. The van der Waals surface area contributed by atoms with E-state index in [4.69, 9.17) is 4.74 Å². The summed E-state index contributed by atoms with van der Waals surface area (Å²) in [6.45, 7) is 3.58. The van der Waals surface area contributed by atoms with Crippen LogP contribution in [0.5, 0.6) is 0 Å². The van der Waals surface area contributed by atoms with E-state index in [0.29, 0.717) is 12.5 Å². The number of ether oxygens (including phenoxy) is 1. The second-order valence-corrected chi connectivity index (χ2v) is 7.97. The van der Waals surface area contributed by atoms with Crippen LogP contribution in [0.25, 0.3) is 0 Å². The summed E-state index contributed by atoms with van der Waals surface area (Å²) >= 11 is 1.96. The van der Waals surface area contributed by atoms with Gasteiger partial charge >= 0.3 is 0 Å². The first-order valence-corrected chi connectivity index (χ1v) is 10.5. The van der Waals surface area contributed by atoms with Crippen LogP contribution in [0.4, 0.5) is 0 Å². The summed E-state index contributed by atoms with van der Waals surface area (Å²) in [5, 5.41) is 3.52. The lowest BCUT2D eigenvalue weighted by atomic mass is 10.1. The van der Waals surface area contributed by atoms with Gasteiger partial charge in [-0.2, -0.15) is 0 Å². The highest BCUT2D eigenvalue weighted by Crippen LogP contribution is 2.25. The Balaban J connectivity index is 0.00000280. The molecule has 152 valence electrons. The first-order valence-electron chi connectivity index (χ1n) is 9.48.